The normalized spacial score (nSPS) is 12.5. The molecule has 0 aromatic carbocycles. The minimum absolute atomic E-state index is 0.129. The van der Waals surface area contributed by atoms with Gasteiger partial charge in [0.1, 0.15) is 0 Å². The first-order valence-electron chi connectivity index (χ1n) is 7.22. The Morgan fingerprint density at radius 3 is 2.35 bits per heavy atom. The number of carboxylic acids is 1. The van der Waals surface area contributed by atoms with E-state index in [0.717, 1.165) is 13.0 Å². The second-order valence-electron chi connectivity index (χ2n) is 5.84. The molecule has 0 radical (unpaired) electrons. The number of carbonyl (C=O) groups is 2. The van der Waals surface area contributed by atoms with Crippen LogP contribution in [-0.2, 0) is 4.79 Å². The van der Waals surface area contributed by atoms with Gasteiger partial charge in [0.05, 0.1) is 0 Å². The van der Waals surface area contributed by atoms with Crippen molar-refractivity contribution in [3.05, 3.63) is 0 Å². The Hall–Kier alpha value is -1.30. The maximum atomic E-state index is 11.8. The fraction of sp³-hybridized carbons (Fsp3) is 0.857. The Bertz CT molecular complexity index is 283. The summed E-state index contributed by atoms with van der Waals surface area (Å²) in [6.45, 7) is 5.59. The van der Waals surface area contributed by atoms with E-state index >= 15 is 0 Å². The lowest BCUT2D eigenvalue weighted by Gasteiger charge is -2.24. The van der Waals surface area contributed by atoms with E-state index < -0.39 is 5.97 Å². The van der Waals surface area contributed by atoms with Gasteiger partial charge >= 0.3 is 12.0 Å². The number of hydrogen-bond acceptors (Lipinski definition) is 3. The van der Waals surface area contributed by atoms with Gasteiger partial charge in [-0.1, -0.05) is 13.8 Å². The molecule has 0 saturated carbocycles. The van der Waals surface area contributed by atoms with Gasteiger partial charge in [-0.15, -0.1) is 0 Å². The number of aliphatic carboxylic acids is 1. The summed E-state index contributed by atoms with van der Waals surface area (Å²) in [5.41, 5.74) is 0. The van der Waals surface area contributed by atoms with Gasteiger partial charge in [0.15, 0.2) is 0 Å². The Morgan fingerprint density at radius 2 is 1.85 bits per heavy atom. The molecule has 6 nitrogen and oxygen atoms in total. The van der Waals surface area contributed by atoms with E-state index in [1.807, 2.05) is 14.1 Å². The van der Waals surface area contributed by atoms with Crippen LogP contribution in [0, 0.1) is 5.92 Å². The van der Waals surface area contributed by atoms with Gasteiger partial charge < -0.3 is 20.6 Å². The highest BCUT2D eigenvalue weighted by Gasteiger charge is 2.14. The van der Waals surface area contributed by atoms with E-state index in [-0.39, 0.29) is 18.5 Å². The SMILES string of the molecule is CC(C)CC(CN(C)C)NC(=O)NCCCCC(=O)O. The average molecular weight is 287 g/mol. The van der Waals surface area contributed by atoms with Crippen molar-refractivity contribution in [1.29, 1.82) is 0 Å². The fourth-order valence-electron chi connectivity index (χ4n) is 2.03. The highest BCUT2D eigenvalue weighted by atomic mass is 16.4. The third-order valence-corrected chi connectivity index (χ3v) is 2.78. The number of nitrogens with one attached hydrogen (secondary N) is 2. The standard InChI is InChI=1S/C14H29N3O3/c1-11(2)9-12(10-17(3)4)16-14(20)15-8-6-5-7-13(18)19/h11-12H,5-10H2,1-4H3,(H,18,19)(H2,15,16,20). The number of urea groups is 1. The monoisotopic (exact) mass is 287 g/mol. The predicted octanol–water partition coefficient (Wildman–Crippen LogP) is 1.52. The lowest BCUT2D eigenvalue weighted by Crippen LogP contribution is -2.47. The molecule has 0 spiro atoms. The summed E-state index contributed by atoms with van der Waals surface area (Å²) in [6, 6.07) is -0.0446. The number of nitrogens with zero attached hydrogens (tertiary/aromatic N) is 1. The van der Waals surface area contributed by atoms with Crippen molar-refractivity contribution >= 4 is 12.0 Å². The highest BCUT2D eigenvalue weighted by molar-refractivity contribution is 5.74. The summed E-state index contributed by atoms with van der Waals surface area (Å²) >= 11 is 0. The molecule has 0 fully saturated rings. The number of rotatable bonds is 10. The summed E-state index contributed by atoms with van der Waals surface area (Å²) < 4.78 is 0. The van der Waals surface area contributed by atoms with Gasteiger partial charge in [0, 0.05) is 25.6 Å². The number of carbonyl (C=O) groups excluding carboxylic acids is 1. The molecule has 0 aliphatic heterocycles. The summed E-state index contributed by atoms with van der Waals surface area (Å²) in [5.74, 6) is -0.270. The van der Waals surface area contributed by atoms with E-state index in [0.29, 0.717) is 25.3 Å². The lowest BCUT2D eigenvalue weighted by molar-refractivity contribution is -0.137. The molecule has 0 heterocycles. The second-order valence-corrected chi connectivity index (χ2v) is 5.84. The first-order valence-corrected chi connectivity index (χ1v) is 7.22. The predicted molar refractivity (Wildman–Crippen MR) is 79.8 cm³/mol. The number of hydrogen-bond donors (Lipinski definition) is 3. The Balaban J connectivity index is 3.90. The largest absolute Gasteiger partial charge is 0.481 e. The zero-order valence-electron chi connectivity index (χ0n) is 13.1. The smallest absolute Gasteiger partial charge is 0.315 e. The zero-order valence-corrected chi connectivity index (χ0v) is 13.1. The third-order valence-electron chi connectivity index (χ3n) is 2.78. The van der Waals surface area contributed by atoms with Crippen LogP contribution in [0.3, 0.4) is 0 Å². The van der Waals surface area contributed by atoms with Crippen LogP contribution in [0.4, 0.5) is 4.79 Å². The van der Waals surface area contributed by atoms with Crippen LogP contribution in [0.2, 0.25) is 0 Å². The number of amides is 2. The van der Waals surface area contributed by atoms with Crippen LogP contribution in [0.15, 0.2) is 0 Å². The Morgan fingerprint density at radius 1 is 1.20 bits per heavy atom. The number of unbranched alkanes of at least 4 members (excludes halogenated alkanes) is 1. The quantitative estimate of drug-likeness (QED) is 0.532. The van der Waals surface area contributed by atoms with Crippen LogP contribution in [-0.4, -0.2) is 55.2 Å². The molecule has 118 valence electrons. The maximum Gasteiger partial charge on any atom is 0.315 e. The number of likely N-dealkylation sites (N-methyl/N-ethyl adjacent to an activating group) is 1. The summed E-state index contributed by atoms with van der Waals surface area (Å²) in [5, 5.41) is 14.2. The first kappa shape index (κ1) is 18.7. The Labute approximate surface area is 121 Å². The number of carboxylic acid groups (broad SMARTS) is 1. The van der Waals surface area contributed by atoms with E-state index in [2.05, 4.69) is 29.4 Å². The van der Waals surface area contributed by atoms with Gasteiger partial charge in [-0.2, -0.15) is 0 Å². The topological polar surface area (TPSA) is 81.7 Å². The van der Waals surface area contributed by atoms with Crippen LogP contribution in [0.25, 0.3) is 0 Å². The summed E-state index contributed by atoms with van der Waals surface area (Å²) in [7, 11) is 3.97. The zero-order chi connectivity index (χ0) is 15.5. The first-order chi connectivity index (χ1) is 9.31. The van der Waals surface area contributed by atoms with Crippen molar-refractivity contribution in [3.8, 4) is 0 Å². The third kappa shape index (κ3) is 11.8. The lowest BCUT2D eigenvalue weighted by atomic mass is 10.0. The van der Waals surface area contributed by atoms with Crippen molar-refractivity contribution in [2.45, 2.75) is 45.6 Å². The molecule has 0 aliphatic rings. The summed E-state index contributed by atoms with van der Waals surface area (Å²) in [4.78, 5) is 24.2. The molecule has 20 heavy (non-hydrogen) atoms. The van der Waals surface area contributed by atoms with Crippen molar-refractivity contribution in [1.82, 2.24) is 15.5 Å². The molecular formula is C14H29N3O3. The minimum Gasteiger partial charge on any atom is -0.481 e. The molecule has 0 aliphatic carbocycles. The van der Waals surface area contributed by atoms with Crippen LogP contribution >= 0.6 is 0 Å². The van der Waals surface area contributed by atoms with Gasteiger partial charge in [-0.3, -0.25) is 4.79 Å². The maximum absolute atomic E-state index is 11.8. The molecule has 0 aromatic rings. The van der Waals surface area contributed by atoms with Crippen LogP contribution in [0.5, 0.6) is 0 Å². The molecule has 0 rings (SSSR count). The van der Waals surface area contributed by atoms with Crippen LogP contribution in [0.1, 0.15) is 39.5 Å². The molecule has 3 N–H and O–H groups in total. The van der Waals surface area contributed by atoms with Crippen molar-refractivity contribution < 1.29 is 14.7 Å². The van der Waals surface area contributed by atoms with Gasteiger partial charge in [0.2, 0.25) is 0 Å². The van der Waals surface area contributed by atoms with E-state index in [1.165, 1.54) is 0 Å². The second kappa shape index (κ2) is 10.5. The van der Waals surface area contributed by atoms with Crippen LogP contribution < -0.4 is 10.6 Å². The molecule has 2 amide bonds. The average Bonchev–Trinajstić information content (AvgIpc) is 2.25. The van der Waals surface area contributed by atoms with Crippen molar-refractivity contribution in [2.24, 2.45) is 5.92 Å². The van der Waals surface area contributed by atoms with Crippen molar-refractivity contribution in [3.63, 3.8) is 0 Å². The van der Waals surface area contributed by atoms with E-state index in [9.17, 15) is 9.59 Å². The highest BCUT2D eigenvalue weighted by Crippen LogP contribution is 2.05. The van der Waals surface area contributed by atoms with Gasteiger partial charge in [0.25, 0.3) is 0 Å². The molecule has 0 aromatic heterocycles. The molecule has 1 atom stereocenters. The molecule has 0 bridgehead atoms. The summed E-state index contributed by atoms with van der Waals surface area (Å²) in [6.07, 6.45) is 2.36. The fourth-order valence-corrected chi connectivity index (χ4v) is 2.03. The Kier molecular flexibility index (Phi) is 9.80. The molecule has 0 saturated heterocycles. The van der Waals surface area contributed by atoms with E-state index in [4.69, 9.17) is 5.11 Å². The molecule has 1 unspecified atom stereocenters. The molecule has 6 heteroatoms. The van der Waals surface area contributed by atoms with Gasteiger partial charge in [-0.25, -0.2) is 4.79 Å². The van der Waals surface area contributed by atoms with Gasteiger partial charge in [-0.05, 0) is 39.3 Å². The minimum atomic E-state index is -0.794. The van der Waals surface area contributed by atoms with Crippen molar-refractivity contribution in [2.75, 3.05) is 27.2 Å². The molecular weight excluding hydrogens is 258 g/mol. The van der Waals surface area contributed by atoms with E-state index in [1.54, 1.807) is 0 Å².